The van der Waals surface area contributed by atoms with Crippen molar-refractivity contribution in [1.29, 1.82) is 0 Å². The molecule has 2 heterocycles. The fourth-order valence-corrected chi connectivity index (χ4v) is 5.24. The Hall–Kier alpha value is -1.26. The fourth-order valence-electron chi connectivity index (χ4n) is 4.13. The van der Waals surface area contributed by atoms with Gasteiger partial charge in [-0.1, -0.05) is 32.0 Å². The van der Waals surface area contributed by atoms with Crippen LogP contribution in [0.1, 0.15) is 50.4 Å². The summed E-state index contributed by atoms with van der Waals surface area (Å²) in [6.07, 6.45) is 6.99. The van der Waals surface area contributed by atoms with Gasteiger partial charge in [0.1, 0.15) is 0 Å². The van der Waals surface area contributed by atoms with E-state index in [1.165, 1.54) is 47.7 Å². The molecule has 2 aliphatic rings. The van der Waals surface area contributed by atoms with Gasteiger partial charge in [0.05, 0.1) is 11.9 Å². The molecule has 1 aliphatic heterocycles. The highest BCUT2D eigenvalue weighted by Crippen LogP contribution is 2.42. The summed E-state index contributed by atoms with van der Waals surface area (Å²) < 4.78 is 2.15. The van der Waals surface area contributed by atoms with E-state index < -0.39 is 0 Å². The molecule has 3 nitrogen and oxygen atoms in total. The summed E-state index contributed by atoms with van der Waals surface area (Å²) in [6, 6.07) is 11.6. The molecule has 1 aliphatic carbocycles. The highest BCUT2D eigenvalue weighted by Gasteiger charge is 2.36. The van der Waals surface area contributed by atoms with E-state index in [9.17, 15) is 0 Å². The van der Waals surface area contributed by atoms with Gasteiger partial charge >= 0.3 is 0 Å². The maximum Gasteiger partial charge on any atom is 0.0648 e. The van der Waals surface area contributed by atoms with Crippen LogP contribution in [0.15, 0.2) is 36.5 Å². The van der Waals surface area contributed by atoms with Crippen molar-refractivity contribution in [2.75, 3.05) is 11.5 Å². The topological polar surface area (TPSA) is 29.9 Å². The molecule has 1 N–H and O–H groups in total. The molecule has 1 saturated heterocycles. The van der Waals surface area contributed by atoms with Gasteiger partial charge in [-0.25, -0.2) is 4.68 Å². The van der Waals surface area contributed by atoms with Gasteiger partial charge < -0.3 is 5.32 Å². The molecular formula is C20H27N3S. The molecule has 0 radical (unpaired) electrons. The zero-order chi connectivity index (χ0) is 16.6. The lowest BCUT2D eigenvalue weighted by Gasteiger charge is -2.38. The summed E-state index contributed by atoms with van der Waals surface area (Å²) >= 11 is 2.09. The Kier molecular flexibility index (Phi) is 4.44. The van der Waals surface area contributed by atoms with Gasteiger partial charge in [0, 0.05) is 23.3 Å². The van der Waals surface area contributed by atoms with Crippen molar-refractivity contribution in [2.45, 2.75) is 51.6 Å². The summed E-state index contributed by atoms with van der Waals surface area (Å²) in [6.45, 7) is 4.79. The smallest absolute Gasteiger partial charge is 0.0648 e. The van der Waals surface area contributed by atoms with Gasteiger partial charge in [0.25, 0.3) is 0 Å². The zero-order valence-electron chi connectivity index (χ0n) is 14.7. The number of rotatable bonds is 3. The van der Waals surface area contributed by atoms with E-state index in [1.54, 1.807) is 0 Å². The SMILES string of the molecule is CC1(C)Cc2c(cnn2-c2ccccc2)[C@H](NC2CCSCC2)C1. The Morgan fingerprint density at radius 2 is 1.92 bits per heavy atom. The van der Waals surface area contributed by atoms with Crippen LogP contribution in [0.2, 0.25) is 0 Å². The van der Waals surface area contributed by atoms with E-state index in [4.69, 9.17) is 5.10 Å². The van der Waals surface area contributed by atoms with Crippen molar-refractivity contribution in [2.24, 2.45) is 5.41 Å². The molecule has 1 atom stereocenters. The maximum absolute atomic E-state index is 4.75. The number of thioether (sulfide) groups is 1. The Balaban J connectivity index is 1.65. The predicted molar refractivity (Wildman–Crippen MR) is 102 cm³/mol. The van der Waals surface area contributed by atoms with E-state index in [1.807, 2.05) is 0 Å². The lowest BCUT2D eigenvalue weighted by atomic mass is 9.74. The van der Waals surface area contributed by atoms with Crippen molar-refractivity contribution in [1.82, 2.24) is 15.1 Å². The van der Waals surface area contributed by atoms with E-state index in [0.717, 1.165) is 6.42 Å². The van der Waals surface area contributed by atoms with Crippen LogP contribution in [0.5, 0.6) is 0 Å². The molecule has 1 fully saturated rings. The Morgan fingerprint density at radius 3 is 2.67 bits per heavy atom. The molecule has 1 aromatic carbocycles. The van der Waals surface area contributed by atoms with Crippen LogP contribution < -0.4 is 5.32 Å². The fraction of sp³-hybridized carbons (Fsp3) is 0.550. The van der Waals surface area contributed by atoms with Gasteiger partial charge in [-0.05, 0) is 54.7 Å². The second kappa shape index (κ2) is 6.57. The van der Waals surface area contributed by atoms with Gasteiger partial charge in [-0.15, -0.1) is 0 Å². The highest BCUT2D eigenvalue weighted by atomic mass is 32.2. The Morgan fingerprint density at radius 1 is 1.17 bits per heavy atom. The van der Waals surface area contributed by atoms with Gasteiger partial charge in [-0.2, -0.15) is 16.9 Å². The lowest BCUT2D eigenvalue weighted by Crippen LogP contribution is -2.40. The van der Waals surface area contributed by atoms with Gasteiger partial charge in [-0.3, -0.25) is 0 Å². The van der Waals surface area contributed by atoms with Crippen molar-refractivity contribution < 1.29 is 0 Å². The van der Waals surface area contributed by atoms with Crippen LogP contribution in [0.4, 0.5) is 0 Å². The molecule has 0 amide bonds. The van der Waals surface area contributed by atoms with E-state index in [2.05, 4.69) is 72.1 Å². The molecule has 24 heavy (non-hydrogen) atoms. The third-order valence-electron chi connectivity index (χ3n) is 5.34. The lowest BCUT2D eigenvalue weighted by molar-refractivity contribution is 0.238. The number of para-hydroxylation sites is 1. The van der Waals surface area contributed by atoms with Crippen LogP contribution in [0, 0.1) is 5.41 Å². The maximum atomic E-state index is 4.75. The first kappa shape index (κ1) is 16.2. The second-order valence-electron chi connectivity index (χ2n) is 7.94. The minimum absolute atomic E-state index is 0.306. The molecule has 0 bridgehead atoms. The molecule has 4 heteroatoms. The van der Waals surface area contributed by atoms with Crippen LogP contribution >= 0.6 is 11.8 Å². The zero-order valence-corrected chi connectivity index (χ0v) is 15.5. The molecule has 4 rings (SSSR count). The average molecular weight is 342 g/mol. The molecule has 0 spiro atoms. The monoisotopic (exact) mass is 341 g/mol. The van der Waals surface area contributed by atoms with Crippen molar-refractivity contribution in [3.63, 3.8) is 0 Å². The van der Waals surface area contributed by atoms with E-state index in [-0.39, 0.29) is 0 Å². The number of hydrogen-bond donors (Lipinski definition) is 1. The normalized spacial score (nSPS) is 23.8. The average Bonchev–Trinajstić information content (AvgIpc) is 2.99. The molecule has 0 saturated carbocycles. The molecule has 128 valence electrons. The van der Waals surface area contributed by atoms with Gasteiger partial charge in [0.15, 0.2) is 0 Å². The Bertz CT molecular complexity index is 686. The molecular weight excluding hydrogens is 314 g/mol. The molecule has 1 aromatic heterocycles. The molecule has 0 unspecified atom stereocenters. The summed E-state index contributed by atoms with van der Waals surface area (Å²) in [5.74, 6) is 2.59. The van der Waals surface area contributed by atoms with Crippen LogP contribution in [-0.2, 0) is 6.42 Å². The number of nitrogens with zero attached hydrogens (tertiary/aromatic N) is 2. The van der Waals surface area contributed by atoms with Crippen molar-refractivity contribution >= 4 is 11.8 Å². The standard InChI is InChI=1S/C20H27N3S/c1-20(2)12-18(22-15-8-10-24-11-9-15)17-14-21-23(19(17)13-20)16-6-4-3-5-7-16/h3-7,14-15,18,22H,8-13H2,1-2H3/t18-/m1/s1. The summed E-state index contributed by atoms with van der Waals surface area (Å²) in [5.41, 5.74) is 4.28. The third-order valence-corrected chi connectivity index (χ3v) is 6.39. The van der Waals surface area contributed by atoms with Crippen LogP contribution in [0.3, 0.4) is 0 Å². The summed E-state index contributed by atoms with van der Waals surface area (Å²) in [7, 11) is 0. The van der Waals surface area contributed by atoms with E-state index >= 15 is 0 Å². The van der Waals surface area contributed by atoms with Crippen molar-refractivity contribution in [3.05, 3.63) is 47.8 Å². The minimum atomic E-state index is 0.306. The number of benzene rings is 1. The summed E-state index contributed by atoms with van der Waals surface area (Å²) in [5, 5.41) is 8.72. The third kappa shape index (κ3) is 3.27. The first-order valence-corrected chi connectivity index (χ1v) is 10.2. The number of fused-ring (bicyclic) bond motifs is 1. The number of nitrogens with one attached hydrogen (secondary N) is 1. The quantitative estimate of drug-likeness (QED) is 0.899. The predicted octanol–water partition coefficient (Wildman–Crippen LogP) is 4.37. The first-order valence-electron chi connectivity index (χ1n) is 9.08. The van der Waals surface area contributed by atoms with Crippen LogP contribution in [0.25, 0.3) is 5.69 Å². The van der Waals surface area contributed by atoms with Crippen LogP contribution in [-0.4, -0.2) is 27.3 Å². The largest absolute Gasteiger partial charge is 0.307 e. The first-order chi connectivity index (χ1) is 11.6. The second-order valence-corrected chi connectivity index (χ2v) is 9.17. The van der Waals surface area contributed by atoms with Gasteiger partial charge in [0.2, 0.25) is 0 Å². The van der Waals surface area contributed by atoms with E-state index in [0.29, 0.717) is 17.5 Å². The summed E-state index contributed by atoms with van der Waals surface area (Å²) in [4.78, 5) is 0. The Labute approximate surface area is 149 Å². The minimum Gasteiger partial charge on any atom is -0.307 e. The van der Waals surface area contributed by atoms with Crippen molar-refractivity contribution in [3.8, 4) is 5.69 Å². The number of hydrogen-bond acceptors (Lipinski definition) is 3. The highest BCUT2D eigenvalue weighted by molar-refractivity contribution is 7.99. The number of aromatic nitrogens is 2. The molecule has 2 aromatic rings.